The number of hydrogen-bond donors (Lipinski definition) is 1. The summed E-state index contributed by atoms with van der Waals surface area (Å²) in [5.41, 5.74) is 0.194. The number of alkyl halides is 3. The van der Waals surface area contributed by atoms with Gasteiger partial charge in [-0.2, -0.15) is 13.2 Å². The molecule has 1 saturated heterocycles. The molecule has 2 atom stereocenters. The predicted octanol–water partition coefficient (Wildman–Crippen LogP) is 2.21. The van der Waals surface area contributed by atoms with Gasteiger partial charge in [-0.1, -0.05) is 0 Å². The fourth-order valence-corrected chi connectivity index (χ4v) is 3.19. The van der Waals surface area contributed by atoms with Crippen molar-refractivity contribution in [2.24, 2.45) is 17.8 Å². The average molecular weight is 358 g/mol. The van der Waals surface area contributed by atoms with Crippen molar-refractivity contribution in [3.05, 3.63) is 23.9 Å². The molecule has 2 fully saturated rings. The van der Waals surface area contributed by atoms with Crippen LogP contribution in [0.2, 0.25) is 0 Å². The lowest BCUT2D eigenvalue weighted by molar-refractivity contribution is -0.154. The Morgan fingerprint density at radius 2 is 2.00 bits per heavy atom. The Morgan fingerprint density at radius 1 is 1.28 bits per heavy atom. The number of carbonyl (C=O) groups is 2. The summed E-state index contributed by atoms with van der Waals surface area (Å²) in [6.07, 6.45) is -1.34. The predicted molar refractivity (Wildman–Crippen MR) is 79.0 cm³/mol. The molecule has 2 aliphatic rings. The molecule has 25 heavy (non-hydrogen) atoms. The van der Waals surface area contributed by atoms with Gasteiger partial charge in [-0.05, 0) is 30.7 Å². The number of halogens is 3. The number of carboxylic acid groups (broad SMARTS) is 1. The maximum atomic E-state index is 12.5. The summed E-state index contributed by atoms with van der Waals surface area (Å²) in [6, 6.07) is 2.53. The minimum atomic E-state index is -4.46. The number of hydrogen-bond acceptors (Lipinski definition) is 4. The van der Waals surface area contributed by atoms with Crippen LogP contribution in [-0.2, 0) is 4.79 Å². The standard InChI is InChI=1S/C16H17F3N2O4/c17-16(18,19)8-25-13-4-3-10(5-20-13)14(22)21-6-11(9-1-2-9)12(7-21)15(23)24/h3-5,9,11-12H,1-2,6-8H2,(H,23,24)/t11-,12+/m1/s1. The van der Waals surface area contributed by atoms with Gasteiger partial charge in [0.1, 0.15) is 0 Å². The Hall–Kier alpha value is -2.32. The van der Waals surface area contributed by atoms with Crippen LogP contribution in [0.5, 0.6) is 5.88 Å². The molecule has 0 bridgehead atoms. The fraction of sp³-hybridized carbons (Fsp3) is 0.562. The summed E-state index contributed by atoms with van der Waals surface area (Å²) in [4.78, 5) is 29.1. The molecule has 1 aliphatic heterocycles. The molecule has 0 unspecified atom stereocenters. The third kappa shape index (κ3) is 4.21. The Labute approximate surface area is 141 Å². The fourth-order valence-electron chi connectivity index (χ4n) is 3.19. The number of likely N-dealkylation sites (tertiary alicyclic amines) is 1. The molecule has 6 nitrogen and oxygen atoms in total. The number of carbonyl (C=O) groups excluding carboxylic acids is 1. The van der Waals surface area contributed by atoms with E-state index in [0.717, 1.165) is 19.0 Å². The molecule has 0 aromatic carbocycles. The first kappa shape index (κ1) is 17.5. The number of amides is 1. The molecule has 0 spiro atoms. The highest BCUT2D eigenvalue weighted by Crippen LogP contribution is 2.44. The van der Waals surface area contributed by atoms with Crippen molar-refractivity contribution in [3.63, 3.8) is 0 Å². The van der Waals surface area contributed by atoms with E-state index < -0.39 is 24.7 Å². The van der Waals surface area contributed by atoms with Crippen LogP contribution >= 0.6 is 0 Å². The highest BCUT2D eigenvalue weighted by Gasteiger charge is 2.46. The van der Waals surface area contributed by atoms with E-state index in [1.165, 1.54) is 17.0 Å². The SMILES string of the molecule is O=C(O)[C@H]1CN(C(=O)c2ccc(OCC(F)(F)F)nc2)C[C@@H]1C1CC1. The highest BCUT2D eigenvalue weighted by atomic mass is 19.4. The summed E-state index contributed by atoms with van der Waals surface area (Å²) < 4.78 is 40.8. The van der Waals surface area contributed by atoms with E-state index in [1.807, 2.05) is 0 Å². The number of rotatable bonds is 5. The first-order valence-electron chi connectivity index (χ1n) is 7.92. The molecule has 1 aromatic heterocycles. The number of carboxylic acids is 1. The van der Waals surface area contributed by atoms with Gasteiger partial charge in [0.15, 0.2) is 6.61 Å². The van der Waals surface area contributed by atoms with Crippen LogP contribution in [0.25, 0.3) is 0 Å². The lowest BCUT2D eigenvalue weighted by Gasteiger charge is -2.16. The first-order chi connectivity index (χ1) is 11.7. The molecular formula is C16H17F3N2O4. The van der Waals surface area contributed by atoms with Gasteiger partial charge < -0.3 is 14.7 Å². The Balaban J connectivity index is 1.64. The quantitative estimate of drug-likeness (QED) is 0.873. The van der Waals surface area contributed by atoms with Gasteiger partial charge in [0.25, 0.3) is 5.91 Å². The van der Waals surface area contributed by atoms with Crippen LogP contribution in [0.4, 0.5) is 13.2 Å². The lowest BCUT2D eigenvalue weighted by Crippen LogP contribution is -2.30. The molecule has 1 amide bonds. The van der Waals surface area contributed by atoms with E-state index in [4.69, 9.17) is 0 Å². The number of aromatic nitrogens is 1. The third-order valence-corrected chi connectivity index (χ3v) is 4.56. The van der Waals surface area contributed by atoms with Crippen molar-refractivity contribution in [2.75, 3.05) is 19.7 Å². The second-order valence-electron chi connectivity index (χ2n) is 6.45. The van der Waals surface area contributed by atoms with Crippen molar-refractivity contribution >= 4 is 11.9 Å². The normalized spacial score (nSPS) is 23.6. The Morgan fingerprint density at radius 3 is 2.52 bits per heavy atom. The number of nitrogens with zero attached hydrogens (tertiary/aromatic N) is 2. The van der Waals surface area contributed by atoms with Gasteiger partial charge >= 0.3 is 12.1 Å². The molecule has 136 valence electrons. The molecule has 2 heterocycles. The summed E-state index contributed by atoms with van der Waals surface area (Å²) in [7, 11) is 0. The molecule has 1 saturated carbocycles. The maximum absolute atomic E-state index is 12.5. The molecule has 1 N–H and O–H groups in total. The second-order valence-corrected chi connectivity index (χ2v) is 6.45. The van der Waals surface area contributed by atoms with Crippen molar-refractivity contribution < 1.29 is 32.6 Å². The smallest absolute Gasteiger partial charge is 0.422 e. The minimum absolute atomic E-state index is 0.0381. The van der Waals surface area contributed by atoms with E-state index in [-0.39, 0.29) is 29.8 Å². The minimum Gasteiger partial charge on any atom is -0.481 e. The van der Waals surface area contributed by atoms with Crippen LogP contribution in [-0.4, -0.2) is 52.7 Å². The summed E-state index contributed by atoms with van der Waals surface area (Å²) in [6.45, 7) is -0.933. The van der Waals surface area contributed by atoms with Crippen LogP contribution in [0.1, 0.15) is 23.2 Å². The largest absolute Gasteiger partial charge is 0.481 e. The van der Waals surface area contributed by atoms with Gasteiger partial charge in [-0.3, -0.25) is 9.59 Å². The summed E-state index contributed by atoms with van der Waals surface area (Å²) in [5.74, 6) is -1.75. The zero-order valence-corrected chi connectivity index (χ0v) is 13.2. The molecule has 3 rings (SSSR count). The summed E-state index contributed by atoms with van der Waals surface area (Å²) >= 11 is 0. The summed E-state index contributed by atoms with van der Waals surface area (Å²) in [5, 5.41) is 9.33. The van der Waals surface area contributed by atoms with Crippen molar-refractivity contribution in [1.82, 2.24) is 9.88 Å². The van der Waals surface area contributed by atoms with Gasteiger partial charge in [0, 0.05) is 25.4 Å². The van der Waals surface area contributed by atoms with E-state index in [9.17, 15) is 27.9 Å². The van der Waals surface area contributed by atoms with Crippen molar-refractivity contribution in [3.8, 4) is 5.88 Å². The monoisotopic (exact) mass is 358 g/mol. The van der Waals surface area contributed by atoms with Crippen LogP contribution < -0.4 is 4.74 Å². The Kier molecular flexibility index (Phi) is 4.57. The number of ether oxygens (including phenoxy) is 1. The van der Waals surface area contributed by atoms with Crippen LogP contribution in [0.3, 0.4) is 0 Å². The van der Waals surface area contributed by atoms with E-state index in [2.05, 4.69) is 9.72 Å². The zero-order valence-electron chi connectivity index (χ0n) is 13.2. The van der Waals surface area contributed by atoms with Gasteiger partial charge in [0.2, 0.25) is 5.88 Å². The van der Waals surface area contributed by atoms with Crippen LogP contribution in [0, 0.1) is 17.8 Å². The maximum Gasteiger partial charge on any atom is 0.422 e. The van der Waals surface area contributed by atoms with Gasteiger partial charge in [0.05, 0.1) is 11.5 Å². The van der Waals surface area contributed by atoms with Crippen molar-refractivity contribution in [1.29, 1.82) is 0 Å². The van der Waals surface area contributed by atoms with E-state index >= 15 is 0 Å². The second kappa shape index (κ2) is 6.53. The van der Waals surface area contributed by atoms with Gasteiger partial charge in [-0.15, -0.1) is 0 Å². The molecule has 9 heteroatoms. The lowest BCUT2D eigenvalue weighted by atomic mass is 9.92. The topological polar surface area (TPSA) is 79.7 Å². The molecular weight excluding hydrogens is 341 g/mol. The third-order valence-electron chi connectivity index (χ3n) is 4.56. The molecule has 1 aliphatic carbocycles. The van der Waals surface area contributed by atoms with E-state index in [1.54, 1.807) is 0 Å². The van der Waals surface area contributed by atoms with Crippen molar-refractivity contribution in [2.45, 2.75) is 19.0 Å². The highest BCUT2D eigenvalue weighted by molar-refractivity contribution is 5.94. The molecule has 1 aromatic rings. The zero-order chi connectivity index (χ0) is 18.2. The average Bonchev–Trinajstić information content (AvgIpc) is 3.30. The van der Waals surface area contributed by atoms with Gasteiger partial charge in [-0.25, -0.2) is 4.98 Å². The number of aliphatic carboxylic acids is 1. The number of pyridine rings is 1. The Bertz CT molecular complexity index is 658. The van der Waals surface area contributed by atoms with Crippen LogP contribution in [0.15, 0.2) is 18.3 Å². The van der Waals surface area contributed by atoms with E-state index in [0.29, 0.717) is 12.5 Å². The first-order valence-corrected chi connectivity index (χ1v) is 7.92. The molecule has 0 radical (unpaired) electrons.